The predicted molar refractivity (Wildman–Crippen MR) is 344 cm³/mol. The zero-order valence-electron chi connectivity index (χ0n) is 52.1. The highest BCUT2D eigenvalue weighted by atomic mass is 16.6. The van der Waals surface area contributed by atoms with Gasteiger partial charge in [-0.1, -0.05) is 304 Å². The van der Waals surface area contributed by atoms with Crippen LogP contribution >= 0.6 is 0 Å². The van der Waals surface area contributed by atoms with Gasteiger partial charge in [0.2, 0.25) is 0 Å². The molecule has 0 bridgehead atoms. The maximum absolute atomic E-state index is 12.9. The molecular formula is C73H126O6. The van der Waals surface area contributed by atoms with E-state index in [0.717, 1.165) is 109 Å². The first-order chi connectivity index (χ1) is 39.0. The van der Waals surface area contributed by atoms with Gasteiger partial charge in [-0.25, -0.2) is 0 Å². The summed E-state index contributed by atoms with van der Waals surface area (Å²) >= 11 is 0. The number of unbranched alkanes of at least 4 members (excludes halogenated alkanes) is 34. The van der Waals surface area contributed by atoms with Crippen molar-refractivity contribution in [1.29, 1.82) is 0 Å². The predicted octanol–water partition coefficient (Wildman–Crippen LogP) is 23.2. The Morgan fingerprint density at radius 3 is 0.797 bits per heavy atom. The van der Waals surface area contributed by atoms with Crippen LogP contribution in [-0.4, -0.2) is 37.2 Å². The molecule has 0 amide bonds. The molecule has 0 rings (SSSR count). The minimum absolute atomic E-state index is 0.0786. The van der Waals surface area contributed by atoms with E-state index in [9.17, 15) is 14.4 Å². The molecule has 0 fully saturated rings. The molecule has 0 aromatic heterocycles. The summed E-state index contributed by atoms with van der Waals surface area (Å²) in [5.74, 6) is -0.876. The molecule has 0 aliphatic rings. The van der Waals surface area contributed by atoms with Crippen molar-refractivity contribution in [2.24, 2.45) is 0 Å². The quantitative estimate of drug-likeness (QED) is 0.0261. The molecule has 0 aliphatic carbocycles. The first-order valence-electron chi connectivity index (χ1n) is 33.7. The monoisotopic (exact) mass is 1100 g/mol. The lowest BCUT2D eigenvalue weighted by molar-refractivity contribution is -0.167. The molecule has 0 radical (unpaired) electrons. The van der Waals surface area contributed by atoms with Crippen molar-refractivity contribution in [1.82, 2.24) is 0 Å². The van der Waals surface area contributed by atoms with Gasteiger partial charge in [-0.15, -0.1) is 0 Å². The van der Waals surface area contributed by atoms with E-state index < -0.39 is 6.10 Å². The second kappa shape index (κ2) is 66.8. The highest BCUT2D eigenvalue weighted by Crippen LogP contribution is 2.17. The van der Waals surface area contributed by atoms with Crippen LogP contribution in [0.4, 0.5) is 0 Å². The van der Waals surface area contributed by atoms with Crippen LogP contribution in [0.25, 0.3) is 0 Å². The van der Waals surface area contributed by atoms with Crippen LogP contribution in [0, 0.1) is 0 Å². The lowest BCUT2D eigenvalue weighted by Gasteiger charge is -2.18. The Morgan fingerprint density at radius 1 is 0.266 bits per heavy atom. The van der Waals surface area contributed by atoms with Crippen molar-refractivity contribution in [3.8, 4) is 0 Å². The average molecular weight is 1100 g/mol. The molecule has 0 N–H and O–H groups in total. The Labute approximate surface area is 489 Å². The second-order valence-electron chi connectivity index (χ2n) is 22.4. The summed E-state index contributed by atoms with van der Waals surface area (Å²) in [7, 11) is 0. The molecule has 79 heavy (non-hydrogen) atoms. The summed E-state index contributed by atoms with van der Waals surface area (Å²) in [4.78, 5) is 38.4. The summed E-state index contributed by atoms with van der Waals surface area (Å²) in [5.41, 5.74) is 0. The average Bonchev–Trinajstić information content (AvgIpc) is 3.45. The summed E-state index contributed by atoms with van der Waals surface area (Å²) < 4.78 is 17.0. The molecule has 1 unspecified atom stereocenters. The molecule has 6 heteroatoms. The van der Waals surface area contributed by atoms with E-state index in [-0.39, 0.29) is 31.1 Å². The maximum atomic E-state index is 12.9. The molecule has 0 aliphatic heterocycles. The SMILES string of the molecule is CC/C=C\C/C=C\C/C=C\C/C=C\C/C=C\C/C=C\CCCCCCCCCCC(=O)OCC(COC(=O)CCCCCCCCCCCCCCCCC)OC(=O)CCCCCCCCCCC/C=C\C/C=C\CCCCC. The Bertz CT molecular complexity index is 1540. The Hall–Kier alpha value is -3.67. The number of rotatable bonds is 61. The second-order valence-corrected chi connectivity index (χ2v) is 22.4. The summed E-state index contributed by atoms with van der Waals surface area (Å²) in [6, 6.07) is 0. The third-order valence-corrected chi connectivity index (χ3v) is 14.6. The lowest BCUT2D eigenvalue weighted by Crippen LogP contribution is -2.30. The van der Waals surface area contributed by atoms with Crippen LogP contribution in [0.2, 0.25) is 0 Å². The summed E-state index contributed by atoms with van der Waals surface area (Å²) in [5, 5.41) is 0. The van der Waals surface area contributed by atoms with E-state index in [4.69, 9.17) is 14.2 Å². The van der Waals surface area contributed by atoms with Gasteiger partial charge in [-0.2, -0.15) is 0 Å². The smallest absolute Gasteiger partial charge is 0.306 e. The number of hydrogen-bond acceptors (Lipinski definition) is 6. The van der Waals surface area contributed by atoms with Gasteiger partial charge in [0.05, 0.1) is 0 Å². The van der Waals surface area contributed by atoms with Crippen LogP contribution < -0.4 is 0 Å². The van der Waals surface area contributed by atoms with Gasteiger partial charge >= 0.3 is 17.9 Å². The van der Waals surface area contributed by atoms with Gasteiger partial charge in [0, 0.05) is 19.3 Å². The molecule has 0 saturated carbocycles. The van der Waals surface area contributed by atoms with Crippen LogP contribution in [-0.2, 0) is 28.6 Å². The van der Waals surface area contributed by atoms with Crippen LogP contribution in [0.1, 0.15) is 329 Å². The molecule has 0 aromatic carbocycles. The fraction of sp³-hybridized carbons (Fsp3) is 0.740. The van der Waals surface area contributed by atoms with E-state index in [1.54, 1.807) is 0 Å². The Balaban J connectivity index is 4.35. The third kappa shape index (κ3) is 65.0. The molecular weight excluding hydrogens is 973 g/mol. The topological polar surface area (TPSA) is 78.9 Å². The molecule has 454 valence electrons. The van der Waals surface area contributed by atoms with Crippen LogP contribution in [0.3, 0.4) is 0 Å². The van der Waals surface area contributed by atoms with Crippen molar-refractivity contribution in [2.75, 3.05) is 13.2 Å². The van der Waals surface area contributed by atoms with Gasteiger partial charge in [0.25, 0.3) is 0 Å². The highest BCUT2D eigenvalue weighted by Gasteiger charge is 2.19. The van der Waals surface area contributed by atoms with E-state index in [1.807, 2.05) is 0 Å². The number of hydrogen-bond donors (Lipinski definition) is 0. The number of esters is 3. The van der Waals surface area contributed by atoms with Crippen molar-refractivity contribution in [3.05, 3.63) is 97.2 Å². The molecule has 0 spiro atoms. The van der Waals surface area contributed by atoms with Crippen molar-refractivity contribution < 1.29 is 28.6 Å². The Kier molecular flexibility index (Phi) is 63.7. The molecule has 6 nitrogen and oxygen atoms in total. The fourth-order valence-electron chi connectivity index (χ4n) is 9.54. The van der Waals surface area contributed by atoms with Gasteiger partial charge in [0.15, 0.2) is 6.10 Å². The number of carbonyl (C=O) groups excluding carboxylic acids is 3. The van der Waals surface area contributed by atoms with Gasteiger partial charge in [-0.05, 0) is 103 Å². The van der Waals surface area contributed by atoms with Gasteiger partial charge in [0.1, 0.15) is 13.2 Å². The van der Waals surface area contributed by atoms with E-state index in [1.165, 1.54) is 180 Å². The minimum Gasteiger partial charge on any atom is -0.462 e. The standard InChI is InChI=1S/C73H126O6/c1-4-7-10-13-16-19-22-25-28-30-32-33-34-35-36-37-38-39-41-42-45-48-51-54-57-60-63-66-72(75)78-69-70(68-77-71(74)65-62-59-56-53-50-47-44-27-24-21-18-15-12-9-6-3)79-73(76)67-64-61-58-55-52-49-46-43-40-31-29-26-23-20-17-14-11-8-5-2/h7,10,16-17,19-20,25-26,28-29,32-33,35-36,38-39,70H,4-6,8-9,11-15,18,21-24,27,30-31,34,37,40-69H2,1-3H3/b10-7-,19-16-,20-17-,28-25-,29-26-,33-32-,36-35-,39-38-. The maximum Gasteiger partial charge on any atom is 0.306 e. The van der Waals surface area contributed by atoms with E-state index in [0.29, 0.717) is 19.3 Å². The third-order valence-electron chi connectivity index (χ3n) is 14.6. The fourth-order valence-corrected chi connectivity index (χ4v) is 9.54. The minimum atomic E-state index is -0.784. The zero-order valence-corrected chi connectivity index (χ0v) is 52.1. The number of carbonyl (C=O) groups is 3. The highest BCUT2D eigenvalue weighted by molar-refractivity contribution is 5.71. The van der Waals surface area contributed by atoms with Gasteiger partial charge < -0.3 is 14.2 Å². The van der Waals surface area contributed by atoms with Gasteiger partial charge in [-0.3, -0.25) is 14.4 Å². The molecule has 0 heterocycles. The Morgan fingerprint density at radius 2 is 0.494 bits per heavy atom. The number of ether oxygens (including phenoxy) is 3. The van der Waals surface area contributed by atoms with Crippen molar-refractivity contribution in [3.63, 3.8) is 0 Å². The van der Waals surface area contributed by atoms with E-state index >= 15 is 0 Å². The molecule has 0 aromatic rings. The summed E-state index contributed by atoms with van der Waals surface area (Å²) in [6.07, 6.45) is 89.8. The number of allylic oxidation sites excluding steroid dienone is 16. The largest absolute Gasteiger partial charge is 0.462 e. The van der Waals surface area contributed by atoms with Crippen molar-refractivity contribution in [2.45, 2.75) is 335 Å². The normalized spacial score (nSPS) is 12.7. The molecule has 0 saturated heterocycles. The zero-order chi connectivity index (χ0) is 57.1. The van der Waals surface area contributed by atoms with Crippen molar-refractivity contribution >= 4 is 17.9 Å². The van der Waals surface area contributed by atoms with Crippen LogP contribution in [0.5, 0.6) is 0 Å². The molecule has 1 atom stereocenters. The summed E-state index contributed by atoms with van der Waals surface area (Å²) in [6.45, 7) is 6.53. The van der Waals surface area contributed by atoms with Crippen LogP contribution in [0.15, 0.2) is 97.2 Å². The first-order valence-corrected chi connectivity index (χ1v) is 33.7. The lowest BCUT2D eigenvalue weighted by atomic mass is 10.0. The van der Waals surface area contributed by atoms with E-state index in [2.05, 4.69) is 118 Å². The first kappa shape index (κ1) is 75.3.